The number of aromatic nitrogens is 3. The second-order valence-corrected chi connectivity index (χ2v) is 4.90. The first-order chi connectivity index (χ1) is 9.43. The molecule has 0 saturated carbocycles. The molecule has 108 valence electrons. The Bertz CT molecular complexity index is 701. The first kappa shape index (κ1) is 14.3. The SMILES string of the molecule is Cc1cc(C(=O)N[C@H](C)CCO)c2c(=O)[nH]n(C)c2n1. The van der Waals surface area contributed by atoms with Crippen LogP contribution < -0.4 is 10.9 Å². The summed E-state index contributed by atoms with van der Waals surface area (Å²) in [5.41, 5.74) is 1.08. The van der Waals surface area contributed by atoms with Crippen LogP contribution in [0.2, 0.25) is 0 Å². The summed E-state index contributed by atoms with van der Waals surface area (Å²) < 4.78 is 1.50. The number of aryl methyl sites for hydroxylation is 2. The van der Waals surface area contributed by atoms with Crippen molar-refractivity contribution in [1.29, 1.82) is 0 Å². The Balaban J connectivity index is 2.48. The fourth-order valence-corrected chi connectivity index (χ4v) is 2.13. The second kappa shape index (κ2) is 5.46. The van der Waals surface area contributed by atoms with E-state index in [1.165, 1.54) is 4.68 Å². The van der Waals surface area contributed by atoms with Crippen LogP contribution in [-0.4, -0.2) is 38.4 Å². The second-order valence-electron chi connectivity index (χ2n) is 4.90. The maximum absolute atomic E-state index is 12.3. The fourth-order valence-electron chi connectivity index (χ4n) is 2.13. The van der Waals surface area contributed by atoms with E-state index < -0.39 is 0 Å². The number of carbonyl (C=O) groups excluding carboxylic acids is 1. The van der Waals surface area contributed by atoms with Crippen molar-refractivity contribution in [2.45, 2.75) is 26.3 Å². The molecule has 0 aliphatic heterocycles. The van der Waals surface area contributed by atoms with Crippen LogP contribution >= 0.6 is 0 Å². The maximum atomic E-state index is 12.3. The molecule has 7 nitrogen and oxygen atoms in total. The molecular weight excluding hydrogens is 260 g/mol. The molecule has 2 rings (SSSR count). The Kier molecular flexibility index (Phi) is 3.89. The van der Waals surface area contributed by atoms with Crippen LogP contribution in [0.3, 0.4) is 0 Å². The predicted molar refractivity (Wildman–Crippen MR) is 74.7 cm³/mol. The molecule has 1 amide bonds. The zero-order chi connectivity index (χ0) is 14.9. The summed E-state index contributed by atoms with van der Waals surface area (Å²) in [6, 6.07) is 1.43. The number of nitrogens with zero attached hydrogens (tertiary/aromatic N) is 2. The van der Waals surface area contributed by atoms with Gasteiger partial charge in [-0.15, -0.1) is 0 Å². The fraction of sp³-hybridized carbons (Fsp3) is 0.462. The van der Waals surface area contributed by atoms with Crippen molar-refractivity contribution in [2.24, 2.45) is 7.05 Å². The van der Waals surface area contributed by atoms with Gasteiger partial charge in [0.05, 0.1) is 10.9 Å². The number of hydrogen-bond donors (Lipinski definition) is 3. The lowest BCUT2D eigenvalue weighted by molar-refractivity contribution is 0.0936. The molecule has 2 aromatic rings. The lowest BCUT2D eigenvalue weighted by Crippen LogP contribution is -2.33. The molecule has 0 aliphatic carbocycles. The topological polar surface area (TPSA) is 100 Å². The molecular formula is C13H18N4O3. The summed E-state index contributed by atoms with van der Waals surface area (Å²) in [5, 5.41) is 14.5. The molecule has 20 heavy (non-hydrogen) atoms. The number of nitrogens with one attached hydrogen (secondary N) is 2. The summed E-state index contributed by atoms with van der Waals surface area (Å²) in [6.45, 7) is 3.57. The number of pyridine rings is 1. The lowest BCUT2D eigenvalue weighted by Gasteiger charge is -2.13. The summed E-state index contributed by atoms with van der Waals surface area (Å²) in [7, 11) is 1.67. The zero-order valence-electron chi connectivity index (χ0n) is 11.7. The van der Waals surface area contributed by atoms with Crippen LogP contribution in [0.1, 0.15) is 29.4 Å². The Morgan fingerprint density at radius 1 is 1.60 bits per heavy atom. The van der Waals surface area contributed by atoms with E-state index >= 15 is 0 Å². The largest absolute Gasteiger partial charge is 0.396 e. The van der Waals surface area contributed by atoms with Gasteiger partial charge in [-0.05, 0) is 26.3 Å². The van der Waals surface area contributed by atoms with E-state index in [1.807, 2.05) is 0 Å². The Morgan fingerprint density at radius 3 is 2.95 bits per heavy atom. The zero-order valence-corrected chi connectivity index (χ0v) is 11.7. The predicted octanol–water partition coefficient (Wildman–Crippen LogP) is 0.0707. The highest BCUT2D eigenvalue weighted by molar-refractivity contribution is 6.05. The quantitative estimate of drug-likeness (QED) is 0.737. The van der Waals surface area contributed by atoms with Crippen molar-refractivity contribution in [3.63, 3.8) is 0 Å². The van der Waals surface area contributed by atoms with Crippen LogP contribution in [0, 0.1) is 6.92 Å². The highest BCUT2D eigenvalue weighted by atomic mass is 16.3. The van der Waals surface area contributed by atoms with Crippen LogP contribution in [0.5, 0.6) is 0 Å². The Labute approximate surface area is 115 Å². The van der Waals surface area contributed by atoms with Gasteiger partial charge in [0.2, 0.25) is 0 Å². The van der Waals surface area contributed by atoms with Gasteiger partial charge in [-0.3, -0.25) is 19.4 Å². The van der Waals surface area contributed by atoms with Gasteiger partial charge in [-0.2, -0.15) is 0 Å². The first-order valence-corrected chi connectivity index (χ1v) is 6.42. The number of fused-ring (bicyclic) bond motifs is 1. The molecule has 2 aromatic heterocycles. The molecule has 0 saturated heterocycles. The van der Waals surface area contributed by atoms with Gasteiger partial charge in [0.1, 0.15) is 0 Å². The number of aromatic amines is 1. The van der Waals surface area contributed by atoms with Crippen molar-refractivity contribution >= 4 is 16.9 Å². The van der Waals surface area contributed by atoms with Gasteiger partial charge >= 0.3 is 0 Å². The van der Waals surface area contributed by atoms with Gasteiger partial charge in [0, 0.05) is 25.4 Å². The summed E-state index contributed by atoms with van der Waals surface area (Å²) in [4.78, 5) is 28.5. The van der Waals surface area contributed by atoms with Gasteiger partial charge in [0.15, 0.2) is 5.65 Å². The number of rotatable bonds is 4. The number of hydrogen-bond acceptors (Lipinski definition) is 4. The minimum Gasteiger partial charge on any atom is -0.396 e. The molecule has 0 radical (unpaired) electrons. The van der Waals surface area contributed by atoms with E-state index in [-0.39, 0.29) is 29.5 Å². The van der Waals surface area contributed by atoms with E-state index in [0.717, 1.165) is 0 Å². The monoisotopic (exact) mass is 278 g/mol. The smallest absolute Gasteiger partial charge is 0.274 e. The third-order valence-corrected chi connectivity index (χ3v) is 3.13. The summed E-state index contributed by atoms with van der Waals surface area (Å²) in [6.07, 6.45) is 0.462. The summed E-state index contributed by atoms with van der Waals surface area (Å²) >= 11 is 0. The Morgan fingerprint density at radius 2 is 2.30 bits per heavy atom. The van der Waals surface area contributed by atoms with Crippen LogP contribution in [0.15, 0.2) is 10.9 Å². The molecule has 7 heteroatoms. The number of amides is 1. The van der Waals surface area contributed by atoms with E-state index in [2.05, 4.69) is 15.4 Å². The minimum atomic E-state index is -0.338. The van der Waals surface area contributed by atoms with Crippen molar-refractivity contribution < 1.29 is 9.90 Å². The Hall–Kier alpha value is -2.15. The molecule has 0 aliphatic rings. The average Bonchev–Trinajstić information content (AvgIpc) is 2.64. The molecule has 0 spiro atoms. The maximum Gasteiger partial charge on any atom is 0.274 e. The van der Waals surface area contributed by atoms with Crippen LogP contribution in [0.25, 0.3) is 11.0 Å². The highest BCUT2D eigenvalue weighted by Gasteiger charge is 2.18. The number of H-pyrrole nitrogens is 1. The number of aliphatic hydroxyl groups is 1. The van der Waals surface area contributed by atoms with Gasteiger partial charge < -0.3 is 10.4 Å². The van der Waals surface area contributed by atoms with E-state index in [0.29, 0.717) is 23.3 Å². The molecule has 0 aromatic carbocycles. The van der Waals surface area contributed by atoms with E-state index in [4.69, 9.17) is 5.11 Å². The third-order valence-electron chi connectivity index (χ3n) is 3.13. The molecule has 0 bridgehead atoms. The van der Waals surface area contributed by atoms with Crippen LogP contribution in [-0.2, 0) is 7.05 Å². The van der Waals surface area contributed by atoms with Crippen molar-refractivity contribution in [3.05, 3.63) is 27.7 Å². The number of aliphatic hydroxyl groups excluding tert-OH is 1. The van der Waals surface area contributed by atoms with Crippen LogP contribution in [0.4, 0.5) is 0 Å². The van der Waals surface area contributed by atoms with Crippen molar-refractivity contribution in [1.82, 2.24) is 20.1 Å². The first-order valence-electron chi connectivity index (χ1n) is 6.42. The lowest BCUT2D eigenvalue weighted by atomic mass is 10.1. The van der Waals surface area contributed by atoms with Gasteiger partial charge in [0.25, 0.3) is 11.5 Å². The normalized spacial score (nSPS) is 12.6. The molecule has 3 N–H and O–H groups in total. The molecule has 0 fully saturated rings. The number of carbonyl (C=O) groups is 1. The van der Waals surface area contributed by atoms with Gasteiger partial charge in [-0.1, -0.05) is 0 Å². The molecule has 2 heterocycles. The van der Waals surface area contributed by atoms with Crippen molar-refractivity contribution in [2.75, 3.05) is 6.61 Å². The van der Waals surface area contributed by atoms with E-state index in [9.17, 15) is 9.59 Å². The average molecular weight is 278 g/mol. The third kappa shape index (κ3) is 2.57. The van der Waals surface area contributed by atoms with Gasteiger partial charge in [-0.25, -0.2) is 4.98 Å². The highest BCUT2D eigenvalue weighted by Crippen LogP contribution is 2.14. The molecule has 0 unspecified atom stereocenters. The minimum absolute atomic E-state index is 0.00183. The van der Waals surface area contributed by atoms with E-state index in [1.54, 1.807) is 27.0 Å². The van der Waals surface area contributed by atoms with Crippen molar-refractivity contribution in [3.8, 4) is 0 Å². The molecule has 1 atom stereocenters. The standard InChI is InChI=1S/C13H18N4O3/c1-7(4-5-18)15-12(19)9-6-8(2)14-11-10(9)13(20)16-17(11)3/h6-7,18H,4-5H2,1-3H3,(H,15,19)(H,16,20)/t7-/m1/s1. The summed E-state index contributed by atoms with van der Waals surface area (Å²) in [5.74, 6) is -0.335.